The van der Waals surface area contributed by atoms with Crippen molar-refractivity contribution in [3.05, 3.63) is 96.8 Å². The topological polar surface area (TPSA) is 18.5 Å². The van der Waals surface area contributed by atoms with E-state index in [4.69, 9.17) is 9.47 Å². The maximum Gasteiger partial charge on any atom is 0.231 e. The second-order valence-electron chi connectivity index (χ2n) is 6.70. The van der Waals surface area contributed by atoms with E-state index in [9.17, 15) is 4.39 Å². The van der Waals surface area contributed by atoms with Crippen LogP contribution < -0.4 is 9.47 Å². The van der Waals surface area contributed by atoms with Crippen molar-refractivity contribution in [1.82, 2.24) is 0 Å². The fraction of sp³-hybridized carbons (Fsp3) is 0.0400. The number of ether oxygens (including phenoxy) is 2. The Morgan fingerprint density at radius 3 is 2.14 bits per heavy atom. The molecule has 1 aliphatic rings. The SMILES string of the molecule is Fc1cccc(-c2ccc(-c3ccccc3)c(-c3ccc4c(c3)OCO4)c2)c1. The van der Waals surface area contributed by atoms with Crippen molar-refractivity contribution >= 4 is 0 Å². The van der Waals surface area contributed by atoms with Crippen molar-refractivity contribution in [3.8, 4) is 44.9 Å². The minimum Gasteiger partial charge on any atom is -0.454 e. The quantitative estimate of drug-likeness (QED) is 0.408. The molecule has 0 N–H and O–H groups in total. The first kappa shape index (κ1) is 16.6. The van der Waals surface area contributed by atoms with E-state index in [1.54, 1.807) is 12.1 Å². The number of halogens is 1. The molecule has 1 heterocycles. The lowest BCUT2D eigenvalue weighted by Gasteiger charge is -2.14. The molecular formula is C25H17FO2. The Morgan fingerprint density at radius 1 is 0.536 bits per heavy atom. The summed E-state index contributed by atoms with van der Waals surface area (Å²) in [6, 6.07) is 29.1. The van der Waals surface area contributed by atoms with Gasteiger partial charge in [-0.05, 0) is 63.7 Å². The first-order valence-electron chi connectivity index (χ1n) is 9.13. The molecule has 0 aromatic heterocycles. The Balaban J connectivity index is 1.70. The van der Waals surface area contributed by atoms with Gasteiger partial charge >= 0.3 is 0 Å². The summed E-state index contributed by atoms with van der Waals surface area (Å²) >= 11 is 0. The smallest absolute Gasteiger partial charge is 0.231 e. The van der Waals surface area contributed by atoms with Crippen LogP contribution in [0.1, 0.15) is 0 Å². The monoisotopic (exact) mass is 368 g/mol. The molecule has 0 bridgehead atoms. The molecule has 0 amide bonds. The lowest BCUT2D eigenvalue weighted by molar-refractivity contribution is 0.174. The van der Waals surface area contributed by atoms with Gasteiger partial charge in [0.15, 0.2) is 11.5 Å². The summed E-state index contributed by atoms with van der Waals surface area (Å²) < 4.78 is 24.8. The molecule has 0 spiro atoms. The standard InChI is InChI=1S/C25H17FO2/c26-21-8-4-7-18(13-21)19-9-11-22(17-5-2-1-3-6-17)23(14-19)20-10-12-24-25(15-20)28-16-27-24/h1-15H,16H2. The summed E-state index contributed by atoms with van der Waals surface area (Å²) in [5.41, 5.74) is 6.14. The van der Waals surface area contributed by atoms with Gasteiger partial charge in [0.05, 0.1) is 0 Å². The van der Waals surface area contributed by atoms with Gasteiger partial charge in [-0.25, -0.2) is 4.39 Å². The maximum atomic E-state index is 13.7. The molecule has 136 valence electrons. The highest BCUT2D eigenvalue weighted by molar-refractivity contribution is 5.87. The van der Waals surface area contributed by atoms with Crippen LogP contribution in [0.4, 0.5) is 4.39 Å². The van der Waals surface area contributed by atoms with Gasteiger partial charge in [0.1, 0.15) is 5.82 Å². The minimum absolute atomic E-state index is 0.241. The Labute approximate surface area is 162 Å². The molecule has 0 saturated carbocycles. The minimum atomic E-state index is -0.241. The number of fused-ring (bicyclic) bond motifs is 1. The van der Waals surface area contributed by atoms with Crippen molar-refractivity contribution in [2.24, 2.45) is 0 Å². The van der Waals surface area contributed by atoms with Gasteiger partial charge in [0, 0.05) is 0 Å². The average Bonchev–Trinajstić information content (AvgIpc) is 3.22. The van der Waals surface area contributed by atoms with Crippen molar-refractivity contribution in [2.75, 3.05) is 6.79 Å². The molecule has 5 rings (SSSR count). The van der Waals surface area contributed by atoms with E-state index >= 15 is 0 Å². The normalized spacial score (nSPS) is 12.2. The van der Waals surface area contributed by atoms with E-state index in [0.717, 1.165) is 44.9 Å². The Kier molecular flexibility index (Phi) is 4.06. The van der Waals surface area contributed by atoms with Crippen LogP contribution in [0.3, 0.4) is 0 Å². The first-order valence-corrected chi connectivity index (χ1v) is 9.13. The zero-order valence-electron chi connectivity index (χ0n) is 15.1. The predicted molar refractivity (Wildman–Crippen MR) is 109 cm³/mol. The van der Waals surface area contributed by atoms with Gasteiger partial charge in [-0.2, -0.15) is 0 Å². The zero-order chi connectivity index (χ0) is 18.9. The third-order valence-electron chi connectivity index (χ3n) is 4.95. The summed E-state index contributed by atoms with van der Waals surface area (Å²) in [6.07, 6.45) is 0. The molecule has 4 aromatic carbocycles. The number of hydrogen-bond acceptors (Lipinski definition) is 2. The fourth-order valence-electron chi connectivity index (χ4n) is 3.56. The summed E-state index contributed by atoms with van der Waals surface area (Å²) in [5, 5.41) is 0. The highest BCUT2D eigenvalue weighted by Gasteiger charge is 2.16. The van der Waals surface area contributed by atoms with E-state index in [-0.39, 0.29) is 12.6 Å². The van der Waals surface area contributed by atoms with Crippen LogP contribution in [-0.4, -0.2) is 6.79 Å². The van der Waals surface area contributed by atoms with Crippen molar-refractivity contribution in [3.63, 3.8) is 0 Å². The summed E-state index contributed by atoms with van der Waals surface area (Å²) in [6.45, 7) is 0.244. The molecule has 0 unspecified atom stereocenters. The predicted octanol–water partition coefficient (Wildman–Crippen LogP) is 6.56. The van der Waals surface area contributed by atoms with Crippen LogP contribution >= 0.6 is 0 Å². The highest BCUT2D eigenvalue weighted by atomic mass is 19.1. The number of hydrogen-bond donors (Lipinski definition) is 0. The Bertz CT molecular complexity index is 1150. The van der Waals surface area contributed by atoms with E-state index in [1.807, 2.05) is 48.5 Å². The third kappa shape index (κ3) is 3.01. The maximum absolute atomic E-state index is 13.7. The van der Waals surface area contributed by atoms with Gasteiger partial charge in [0.25, 0.3) is 0 Å². The van der Waals surface area contributed by atoms with Crippen molar-refractivity contribution in [1.29, 1.82) is 0 Å². The number of benzene rings is 4. The first-order chi connectivity index (χ1) is 13.8. The molecule has 2 nitrogen and oxygen atoms in total. The molecule has 28 heavy (non-hydrogen) atoms. The largest absolute Gasteiger partial charge is 0.454 e. The lowest BCUT2D eigenvalue weighted by atomic mass is 9.91. The second kappa shape index (κ2) is 6.86. The van der Waals surface area contributed by atoms with Gasteiger partial charge < -0.3 is 9.47 Å². The van der Waals surface area contributed by atoms with Crippen LogP contribution in [0.5, 0.6) is 11.5 Å². The van der Waals surface area contributed by atoms with Crippen molar-refractivity contribution < 1.29 is 13.9 Å². The highest BCUT2D eigenvalue weighted by Crippen LogP contribution is 2.40. The molecular weight excluding hydrogens is 351 g/mol. The molecule has 0 saturated heterocycles. The Hall–Kier alpha value is -3.59. The van der Waals surface area contributed by atoms with E-state index < -0.39 is 0 Å². The summed E-state index contributed by atoms with van der Waals surface area (Å²) in [5.74, 6) is 1.26. The molecule has 4 aromatic rings. The Morgan fingerprint density at radius 2 is 1.29 bits per heavy atom. The zero-order valence-corrected chi connectivity index (χ0v) is 15.1. The molecule has 1 aliphatic heterocycles. The van der Waals surface area contributed by atoms with Gasteiger partial charge in [-0.15, -0.1) is 0 Å². The van der Waals surface area contributed by atoms with E-state index in [2.05, 4.69) is 24.3 Å². The second-order valence-corrected chi connectivity index (χ2v) is 6.70. The molecule has 0 fully saturated rings. The van der Waals surface area contributed by atoms with E-state index in [0.29, 0.717) is 0 Å². The van der Waals surface area contributed by atoms with Crippen LogP contribution in [0, 0.1) is 5.82 Å². The van der Waals surface area contributed by atoms with Crippen LogP contribution in [0.25, 0.3) is 33.4 Å². The third-order valence-corrected chi connectivity index (χ3v) is 4.95. The van der Waals surface area contributed by atoms with E-state index in [1.165, 1.54) is 6.07 Å². The van der Waals surface area contributed by atoms with Crippen LogP contribution in [0.2, 0.25) is 0 Å². The molecule has 3 heteroatoms. The van der Waals surface area contributed by atoms with Crippen LogP contribution in [-0.2, 0) is 0 Å². The fourth-order valence-corrected chi connectivity index (χ4v) is 3.56. The molecule has 0 radical (unpaired) electrons. The average molecular weight is 368 g/mol. The molecule has 0 aliphatic carbocycles. The van der Waals surface area contributed by atoms with Gasteiger partial charge in [-0.3, -0.25) is 0 Å². The molecule has 0 atom stereocenters. The summed E-state index contributed by atoms with van der Waals surface area (Å²) in [7, 11) is 0. The van der Waals surface area contributed by atoms with Gasteiger partial charge in [0.2, 0.25) is 6.79 Å². The van der Waals surface area contributed by atoms with Crippen LogP contribution in [0.15, 0.2) is 91.0 Å². The van der Waals surface area contributed by atoms with Crippen molar-refractivity contribution in [2.45, 2.75) is 0 Å². The number of rotatable bonds is 3. The lowest BCUT2D eigenvalue weighted by Crippen LogP contribution is -1.92. The van der Waals surface area contributed by atoms with Gasteiger partial charge in [-0.1, -0.05) is 60.7 Å². The summed E-state index contributed by atoms with van der Waals surface area (Å²) in [4.78, 5) is 0.